The zero-order valence-corrected chi connectivity index (χ0v) is 16.1. The first-order chi connectivity index (χ1) is 13.4. The third kappa shape index (κ3) is 3.22. The molecule has 0 aliphatic carbocycles. The van der Waals surface area contributed by atoms with Gasteiger partial charge in [-0.15, -0.1) is 0 Å². The maximum Gasteiger partial charge on any atom is 0.261 e. The van der Waals surface area contributed by atoms with Crippen LogP contribution >= 0.6 is 11.6 Å². The number of fused-ring (bicyclic) bond motifs is 1. The van der Waals surface area contributed by atoms with Gasteiger partial charge in [-0.25, -0.2) is 0 Å². The minimum Gasteiger partial charge on any atom is -0.396 e. The average Bonchev–Trinajstić information content (AvgIpc) is 2.93. The number of ketones is 1. The molecule has 4 rings (SSSR count). The summed E-state index contributed by atoms with van der Waals surface area (Å²) in [6, 6.07) is 12.0. The van der Waals surface area contributed by atoms with Gasteiger partial charge in [0.05, 0.1) is 31.8 Å². The van der Waals surface area contributed by atoms with Crippen LogP contribution in [0.5, 0.6) is 0 Å². The number of rotatable bonds is 6. The number of benzene rings is 2. The zero-order valence-electron chi connectivity index (χ0n) is 15.4. The molecular weight excluding hydrogens is 382 g/mol. The lowest BCUT2D eigenvalue weighted by Gasteiger charge is -2.40. The van der Waals surface area contributed by atoms with E-state index in [0.717, 1.165) is 0 Å². The molecule has 0 spiro atoms. The van der Waals surface area contributed by atoms with E-state index in [1.807, 2.05) is 0 Å². The monoisotopic (exact) mass is 401 g/mol. The quantitative estimate of drug-likeness (QED) is 0.752. The number of amides is 1. The minimum absolute atomic E-state index is 0.0509. The van der Waals surface area contributed by atoms with Gasteiger partial charge < -0.3 is 14.6 Å². The third-order valence-electron chi connectivity index (χ3n) is 5.21. The molecule has 0 radical (unpaired) electrons. The van der Waals surface area contributed by atoms with E-state index < -0.39 is 11.6 Å². The molecule has 1 amide bonds. The molecule has 1 atom stereocenters. The second-order valence-corrected chi connectivity index (χ2v) is 7.76. The van der Waals surface area contributed by atoms with Crippen molar-refractivity contribution in [3.63, 3.8) is 0 Å². The van der Waals surface area contributed by atoms with Crippen molar-refractivity contribution in [3.05, 3.63) is 64.2 Å². The predicted molar refractivity (Wildman–Crippen MR) is 104 cm³/mol. The van der Waals surface area contributed by atoms with E-state index in [1.165, 1.54) is 6.92 Å². The molecule has 2 aromatic carbocycles. The largest absolute Gasteiger partial charge is 0.396 e. The first-order valence-electron chi connectivity index (χ1n) is 8.98. The molecule has 0 bridgehead atoms. The molecule has 0 aromatic heterocycles. The summed E-state index contributed by atoms with van der Waals surface area (Å²) >= 11 is 5.99. The van der Waals surface area contributed by atoms with Gasteiger partial charge in [0, 0.05) is 27.4 Å². The van der Waals surface area contributed by atoms with Gasteiger partial charge in [-0.2, -0.15) is 0 Å². The maximum atomic E-state index is 13.2. The van der Waals surface area contributed by atoms with Crippen LogP contribution in [0.4, 0.5) is 5.69 Å². The number of aliphatic hydroxyl groups excluding tert-OH is 1. The fraction of sp³-hybridized carbons (Fsp3) is 0.333. The molecule has 2 aliphatic rings. The maximum absolute atomic E-state index is 13.2. The van der Waals surface area contributed by atoms with Crippen molar-refractivity contribution in [1.29, 1.82) is 0 Å². The van der Waals surface area contributed by atoms with Gasteiger partial charge in [0.15, 0.2) is 12.0 Å². The van der Waals surface area contributed by atoms with Gasteiger partial charge >= 0.3 is 0 Å². The minimum atomic E-state index is -0.659. The molecule has 28 heavy (non-hydrogen) atoms. The number of anilines is 1. The lowest BCUT2D eigenvalue weighted by molar-refractivity contribution is -0.176. The first kappa shape index (κ1) is 19.1. The number of carbonyl (C=O) groups is 2. The van der Waals surface area contributed by atoms with Crippen molar-refractivity contribution < 1.29 is 24.2 Å². The van der Waals surface area contributed by atoms with Crippen LogP contribution in [0.15, 0.2) is 42.5 Å². The number of hydrogen-bond donors (Lipinski definition) is 1. The zero-order chi connectivity index (χ0) is 19.9. The Morgan fingerprint density at radius 3 is 2.57 bits per heavy atom. The third-order valence-corrected chi connectivity index (χ3v) is 5.47. The second-order valence-electron chi connectivity index (χ2n) is 7.32. The highest BCUT2D eigenvalue weighted by Gasteiger charge is 2.43. The van der Waals surface area contributed by atoms with E-state index in [9.17, 15) is 14.7 Å². The van der Waals surface area contributed by atoms with Gasteiger partial charge in [-0.3, -0.25) is 14.5 Å². The summed E-state index contributed by atoms with van der Waals surface area (Å²) in [5, 5.41) is 10.2. The lowest BCUT2D eigenvalue weighted by atomic mass is 9.88. The van der Waals surface area contributed by atoms with Crippen LogP contribution in [0.2, 0.25) is 5.02 Å². The number of aliphatic hydroxyl groups is 1. The van der Waals surface area contributed by atoms with Gasteiger partial charge in [0.2, 0.25) is 0 Å². The van der Waals surface area contributed by atoms with Crippen molar-refractivity contribution in [1.82, 2.24) is 0 Å². The molecule has 1 N–H and O–H groups in total. The van der Waals surface area contributed by atoms with Gasteiger partial charge in [-0.1, -0.05) is 23.7 Å². The topological polar surface area (TPSA) is 76.1 Å². The van der Waals surface area contributed by atoms with Crippen molar-refractivity contribution in [2.75, 3.05) is 31.3 Å². The van der Waals surface area contributed by atoms with E-state index in [2.05, 4.69) is 0 Å². The van der Waals surface area contributed by atoms with Crippen molar-refractivity contribution in [3.8, 4) is 0 Å². The van der Waals surface area contributed by atoms with Crippen LogP contribution in [-0.4, -0.2) is 43.2 Å². The Morgan fingerprint density at radius 1 is 1.29 bits per heavy atom. The van der Waals surface area contributed by atoms with Crippen molar-refractivity contribution >= 4 is 29.0 Å². The number of carbonyl (C=O) groups excluding carboxylic acids is 2. The van der Waals surface area contributed by atoms with Gasteiger partial charge in [0.25, 0.3) is 5.91 Å². The molecule has 6 nitrogen and oxygen atoms in total. The lowest BCUT2D eigenvalue weighted by Crippen LogP contribution is -2.49. The Labute approximate surface area is 167 Å². The summed E-state index contributed by atoms with van der Waals surface area (Å²) in [4.78, 5) is 26.5. The molecule has 1 unspecified atom stereocenters. The molecular formula is C21H20ClNO5. The Bertz CT molecular complexity index is 917. The Balaban J connectivity index is 1.71. The van der Waals surface area contributed by atoms with Gasteiger partial charge in [-0.05, 0) is 37.3 Å². The number of hydrogen-bond acceptors (Lipinski definition) is 5. The molecule has 7 heteroatoms. The summed E-state index contributed by atoms with van der Waals surface area (Å²) in [7, 11) is 0. The molecule has 0 saturated carbocycles. The van der Waals surface area contributed by atoms with Crippen LogP contribution in [0.3, 0.4) is 0 Å². The van der Waals surface area contributed by atoms with Crippen LogP contribution in [0.1, 0.15) is 39.4 Å². The van der Waals surface area contributed by atoms with Crippen LogP contribution in [0, 0.1) is 5.41 Å². The number of Topliss-reactive ketones (excluding diaryl/α,β-unsaturated/α-hetero) is 1. The van der Waals surface area contributed by atoms with Crippen LogP contribution in [0.25, 0.3) is 0 Å². The van der Waals surface area contributed by atoms with Crippen molar-refractivity contribution in [2.45, 2.75) is 13.2 Å². The van der Waals surface area contributed by atoms with Crippen LogP contribution < -0.4 is 4.90 Å². The first-order valence-corrected chi connectivity index (χ1v) is 9.36. The number of ether oxygens (including phenoxy) is 2. The van der Waals surface area contributed by atoms with E-state index in [0.29, 0.717) is 40.6 Å². The summed E-state index contributed by atoms with van der Waals surface area (Å²) < 4.78 is 11.4. The van der Waals surface area contributed by atoms with Gasteiger partial charge in [0.1, 0.15) is 0 Å². The Kier molecular flexibility index (Phi) is 4.97. The predicted octanol–water partition coefficient (Wildman–Crippen LogP) is 3.23. The van der Waals surface area contributed by atoms with Crippen molar-refractivity contribution in [2.24, 2.45) is 5.41 Å². The Hall–Kier alpha value is -2.25. The smallest absolute Gasteiger partial charge is 0.261 e. The fourth-order valence-corrected chi connectivity index (χ4v) is 3.56. The number of halogens is 1. The summed E-state index contributed by atoms with van der Waals surface area (Å²) in [6.45, 7) is 2.50. The average molecular weight is 402 g/mol. The SMILES string of the molecule is CC(=O)c1ccc2c(c1)C(=O)N(c1ccc(Cl)cc1)C2OCC1(CO)COC1. The highest BCUT2D eigenvalue weighted by Crippen LogP contribution is 2.40. The highest BCUT2D eigenvalue weighted by molar-refractivity contribution is 6.30. The number of nitrogens with zero attached hydrogens (tertiary/aromatic N) is 1. The van der Waals surface area contributed by atoms with E-state index in [4.69, 9.17) is 21.1 Å². The molecule has 146 valence electrons. The fourth-order valence-electron chi connectivity index (χ4n) is 3.44. The molecule has 2 heterocycles. The molecule has 2 aromatic rings. The molecule has 2 aliphatic heterocycles. The molecule has 1 saturated heterocycles. The summed E-state index contributed by atoms with van der Waals surface area (Å²) in [5.41, 5.74) is 1.80. The summed E-state index contributed by atoms with van der Waals surface area (Å²) in [6.07, 6.45) is -0.659. The molecule has 1 fully saturated rings. The summed E-state index contributed by atoms with van der Waals surface area (Å²) in [5.74, 6) is -0.350. The Morgan fingerprint density at radius 2 is 2.00 bits per heavy atom. The second kappa shape index (κ2) is 7.29. The van der Waals surface area contributed by atoms with E-state index in [1.54, 1.807) is 47.4 Å². The van der Waals surface area contributed by atoms with E-state index in [-0.39, 0.29) is 24.9 Å². The van der Waals surface area contributed by atoms with Crippen LogP contribution in [-0.2, 0) is 9.47 Å². The normalized spacial score (nSPS) is 20.0. The standard InChI is InChI=1S/C21H20ClNO5/c1-13(25)14-2-7-17-18(8-14)19(26)23(16-5-3-15(22)4-6-16)20(17)28-12-21(9-24)10-27-11-21/h2-8,20,24H,9-12H2,1H3. The van der Waals surface area contributed by atoms with E-state index >= 15 is 0 Å². The highest BCUT2D eigenvalue weighted by atomic mass is 35.5.